The van der Waals surface area contributed by atoms with Gasteiger partial charge in [0.1, 0.15) is 5.82 Å². The van der Waals surface area contributed by atoms with E-state index in [4.69, 9.17) is 0 Å². The van der Waals surface area contributed by atoms with Crippen LogP contribution in [0.25, 0.3) is 21.8 Å². The van der Waals surface area contributed by atoms with Crippen LogP contribution in [0.15, 0.2) is 65.6 Å². The van der Waals surface area contributed by atoms with E-state index in [-0.39, 0.29) is 16.8 Å². The van der Waals surface area contributed by atoms with Crippen LogP contribution in [0.4, 0.5) is 0 Å². The highest BCUT2D eigenvalue weighted by atomic mass is 32.2. The lowest BCUT2D eigenvalue weighted by Gasteiger charge is -2.26. The maximum atomic E-state index is 13.3. The molecule has 0 spiro atoms. The number of hydrogen-bond donors (Lipinski definition) is 0. The van der Waals surface area contributed by atoms with Crippen LogP contribution in [0.5, 0.6) is 0 Å². The molecule has 1 atom stereocenters. The van der Waals surface area contributed by atoms with Gasteiger partial charge in [0.15, 0.2) is 0 Å². The van der Waals surface area contributed by atoms with Crippen LogP contribution in [0.2, 0.25) is 0 Å². The number of benzene rings is 3. The number of amides is 1. The van der Waals surface area contributed by atoms with Crippen molar-refractivity contribution in [3.8, 4) is 0 Å². The highest BCUT2D eigenvalue weighted by molar-refractivity contribution is 7.89. The van der Waals surface area contributed by atoms with Gasteiger partial charge < -0.3 is 9.47 Å². The van der Waals surface area contributed by atoms with Crippen LogP contribution in [-0.4, -0.2) is 53.7 Å². The minimum atomic E-state index is -3.53. The average Bonchev–Trinajstić information content (AvgIpc) is 3.46. The van der Waals surface area contributed by atoms with Gasteiger partial charge in [-0.25, -0.2) is 17.7 Å². The molecule has 35 heavy (non-hydrogen) atoms. The molecule has 182 valence electrons. The second-order valence-electron chi connectivity index (χ2n) is 9.34. The Balaban J connectivity index is 1.36. The summed E-state index contributed by atoms with van der Waals surface area (Å²) in [5.41, 5.74) is 2.68. The fourth-order valence-corrected chi connectivity index (χ4v) is 6.04. The molecule has 1 fully saturated rings. The third kappa shape index (κ3) is 4.21. The number of aromatic nitrogens is 2. The largest absolute Gasteiger partial charge is 0.336 e. The van der Waals surface area contributed by atoms with Crippen molar-refractivity contribution in [1.29, 1.82) is 0 Å². The highest BCUT2D eigenvalue weighted by Crippen LogP contribution is 2.36. The Bertz CT molecular complexity index is 1520. The van der Waals surface area contributed by atoms with Crippen LogP contribution >= 0.6 is 0 Å². The molecule has 7 nitrogen and oxygen atoms in total. The van der Waals surface area contributed by atoms with E-state index in [1.807, 2.05) is 28.6 Å². The third-order valence-electron chi connectivity index (χ3n) is 7.04. The maximum Gasteiger partial charge on any atom is 0.242 e. The summed E-state index contributed by atoms with van der Waals surface area (Å²) in [5.74, 6) is 0.900. The van der Waals surface area contributed by atoms with Crippen LogP contribution in [-0.2, 0) is 28.3 Å². The number of carbonyl (C=O) groups is 1. The fraction of sp³-hybridized carbons (Fsp3) is 0.333. The Labute approximate surface area is 206 Å². The Kier molecular flexibility index (Phi) is 6.11. The molecule has 0 aliphatic carbocycles. The van der Waals surface area contributed by atoms with Gasteiger partial charge in [-0.05, 0) is 47.4 Å². The van der Waals surface area contributed by atoms with Crippen LogP contribution in [0, 0.1) is 0 Å². The van der Waals surface area contributed by atoms with Crippen molar-refractivity contribution in [3.05, 3.63) is 72.1 Å². The lowest BCUT2D eigenvalue weighted by molar-refractivity contribution is -0.132. The molecular formula is C27H30N4O3S. The van der Waals surface area contributed by atoms with Crippen LogP contribution in [0.1, 0.15) is 36.7 Å². The monoisotopic (exact) mass is 490 g/mol. The quantitative estimate of drug-likeness (QED) is 0.404. The van der Waals surface area contributed by atoms with Gasteiger partial charge in [-0.3, -0.25) is 4.79 Å². The van der Waals surface area contributed by atoms with Crippen molar-refractivity contribution in [2.75, 3.05) is 20.6 Å². The molecule has 0 N–H and O–H groups in total. The number of hydrogen-bond acceptors (Lipinski definition) is 4. The normalized spacial score (nSPS) is 16.6. The van der Waals surface area contributed by atoms with Gasteiger partial charge in [0.25, 0.3) is 0 Å². The Morgan fingerprint density at radius 3 is 2.66 bits per heavy atom. The van der Waals surface area contributed by atoms with E-state index in [2.05, 4.69) is 35.3 Å². The van der Waals surface area contributed by atoms with E-state index in [0.29, 0.717) is 18.4 Å². The van der Waals surface area contributed by atoms with Gasteiger partial charge >= 0.3 is 0 Å². The van der Waals surface area contributed by atoms with Crippen molar-refractivity contribution in [1.82, 2.24) is 18.8 Å². The van der Waals surface area contributed by atoms with Crippen molar-refractivity contribution >= 4 is 37.7 Å². The first-order valence-corrected chi connectivity index (χ1v) is 13.4. The van der Waals surface area contributed by atoms with Crippen molar-refractivity contribution in [3.63, 3.8) is 0 Å². The summed E-state index contributed by atoms with van der Waals surface area (Å²) in [5, 5.41) is 2.40. The molecule has 0 saturated carbocycles. The van der Waals surface area contributed by atoms with E-state index < -0.39 is 10.0 Å². The molecule has 2 heterocycles. The van der Waals surface area contributed by atoms with Gasteiger partial charge in [-0.1, -0.05) is 42.5 Å². The number of carbonyl (C=O) groups excluding carboxylic acids is 1. The zero-order chi connectivity index (χ0) is 24.7. The molecular weight excluding hydrogens is 460 g/mol. The summed E-state index contributed by atoms with van der Waals surface area (Å²) in [7, 11) is 1.40. The molecule has 8 heteroatoms. The zero-order valence-corrected chi connectivity index (χ0v) is 21.1. The number of nitrogens with zero attached hydrogens (tertiary/aromatic N) is 4. The SMILES string of the molecule is CN(C)S(=O)(=O)c1ccc2c(c1)nc(CCC(=O)N1CCCC1c1cccc3ccccc13)n2C. The van der Waals surface area contributed by atoms with E-state index in [9.17, 15) is 13.2 Å². The zero-order valence-electron chi connectivity index (χ0n) is 20.3. The van der Waals surface area contributed by atoms with Crippen molar-refractivity contribution in [2.45, 2.75) is 36.6 Å². The van der Waals surface area contributed by atoms with E-state index in [1.54, 1.807) is 18.2 Å². The van der Waals surface area contributed by atoms with E-state index in [1.165, 1.54) is 34.7 Å². The number of fused-ring (bicyclic) bond motifs is 2. The van der Waals surface area contributed by atoms with Gasteiger partial charge in [0.05, 0.1) is 22.0 Å². The topological polar surface area (TPSA) is 75.5 Å². The molecule has 0 bridgehead atoms. The van der Waals surface area contributed by atoms with Crippen LogP contribution < -0.4 is 0 Å². The molecule has 1 saturated heterocycles. The smallest absolute Gasteiger partial charge is 0.242 e. The minimum Gasteiger partial charge on any atom is -0.336 e. The molecule has 1 amide bonds. The lowest BCUT2D eigenvalue weighted by atomic mass is 9.97. The number of imidazole rings is 1. The molecule has 1 unspecified atom stereocenters. The molecule has 1 aromatic heterocycles. The molecule has 4 aromatic rings. The summed E-state index contributed by atoms with van der Waals surface area (Å²) in [6.07, 6.45) is 2.82. The molecule has 1 aliphatic rings. The standard InChI is InChI=1S/C27H30N4O3S/c1-29(2)35(33,34)20-13-14-25-23(18-20)28-26(30(25)3)15-16-27(32)31-17-7-12-24(31)22-11-6-9-19-8-4-5-10-21(19)22/h4-6,8-11,13-14,18,24H,7,12,15-17H2,1-3H3. The van der Waals surface area contributed by atoms with Gasteiger partial charge in [0, 0.05) is 40.5 Å². The predicted octanol–water partition coefficient (Wildman–Crippen LogP) is 4.27. The fourth-order valence-electron chi connectivity index (χ4n) is 5.12. The molecule has 5 rings (SSSR count). The minimum absolute atomic E-state index is 0.0906. The Hall–Kier alpha value is -3.23. The van der Waals surface area contributed by atoms with Crippen molar-refractivity contribution in [2.24, 2.45) is 7.05 Å². The number of sulfonamides is 1. The number of likely N-dealkylation sites (tertiary alicyclic amines) is 1. The highest BCUT2D eigenvalue weighted by Gasteiger charge is 2.31. The predicted molar refractivity (Wildman–Crippen MR) is 138 cm³/mol. The van der Waals surface area contributed by atoms with Crippen LogP contribution in [0.3, 0.4) is 0 Å². The molecule has 1 aliphatic heterocycles. The molecule has 0 radical (unpaired) electrons. The number of aryl methyl sites for hydroxylation is 2. The lowest BCUT2D eigenvalue weighted by Crippen LogP contribution is -2.31. The van der Waals surface area contributed by atoms with Gasteiger partial charge in [-0.15, -0.1) is 0 Å². The van der Waals surface area contributed by atoms with E-state index >= 15 is 0 Å². The summed E-state index contributed by atoms with van der Waals surface area (Å²) in [4.78, 5) is 20.2. The van der Waals surface area contributed by atoms with E-state index in [0.717, 1.165) is 30.7 Å². The average molecular weight is 491 g/mol. The second-order valence-corrected chi connectivity index (χ2v) is 11.5. The molecule has 3 aromatic carbocycles. The second kappa shape index (κ2) is 9.09. The third-order valence-corrected chi connectivity index (χ3v) is 8.85. The first-order chi connectivity index (χ1) is 16.8. The van der Waals surface area contributed by atoms with Gasteiger partial charge in [0.2, 0.25) is 15.9 Å². The Morgan fingerprint density at radius 2 is 1.86 bits per heavy atom. The van der Waals surface area contributed by atoms with Gasteiger partial charge in [-0.2, -0.15) is 0 Å². The first kappa shape index (κ1) is 23.5. The maximum absolute atomic E-state index is 13.3. The van der Waals surface area contributed by atoms with Crippen molar-refractivity contribution < 1.29 is 13.2 Å². The Morgan fingerprint density at radius 1 is 1.09 bits per heavy atom. The summed E-state index contributed by atoms with van der Waals surface area (Å²) < 4.78 is 28.1. The first-order valence-electron chi connectivity index (χ1n) is 11.9. The summed E-state index contributed by atoms with van der Waals surface area (Å²) in [6, 6.07) is 19.7. The summed E-state index contributed by atoms with van der Waals surface area (Å²) in [6.45, 7) is 0.765. The summed E-state index contributed by atoms with van der Waals surface area (Å²) >= 11 is 0. The number of rotatable bonds is 6.